The molecule has 0 N–H and O–H groups in total. The number of nitrogens with zero attached hydrogens (tertiary/aromatic N) is 4. The molecule has 12 aromatic rings. The maximum atomic E-state index is 5.21. The Hall–Kier alpha value is -7.99. The van der Waals surface area contributed by atoms with Crippen molar-refractivity contribution in [1.29, 1.82) is 0 Å². The highest BCUT2D eigenvalue weighted by atomic mass is 32.1. The third kappa shape index (κ3) is 6.48. The van der Waals surface area contributed by atoms with Crippen LogP contribution < -0.4 is 0 Å². The van der Waals surface area contributed by atoms with Gasteiger partial charge in [0.2, 0.25) is 0 Å². The molecular weight excluding hydrogens is 797 g/mol. The first-order chi connectivity index (χ1) is 31.5. The minimum absolute atomic E-state index is 0.634. The summed E-state index contributed by atoms with van der Waals surface area (Å²) in [5.74, 6) is 1.91. The Bertz CT molecular complexity index is 3680. The minimum atomic E-state index is 0.634. The summed E-state index contributed by atoms with van der Waals surface area (Å²) in [7, 11) is 0. The smallest absolute Gasteiger partial charge is 0.164 e. The molecular formula is C59H40N4S. The molecule has 0 saturated heterocycles. The molecule has 0 aliphatic carbocycles. The third-order valence-corrected chi connectivity index (χ3v) is 13.7. The van der Waals surface area contributed by atoms with Crippen LogP contribution >= 0.6 is 11.3 Å². The predicted molar refractivity (Wildman–Crippen MR) is 269 cm³/mol. The van der Waals surface area contributed by atoms with Gasteiger partial charge in [-0.25, -0.2) is 15.0 Å². The fraction of sp³-hybridized carbons (Fsp3) is 0.0339. The molecule has 64 heavy (non-hydrogen) atoms. The number of hydrogen-bond donors (Lipinski definition) is 0. The van der Waals surface area contributed by atoms with E-state index in [9.17, 15) is 0 Å². The lowest BCUT2D eigenvalue weighted by Gasteiger charge is -2.14. The summed E-state index contributed by atoms with van der Waals surface area (Å²) in [6, 6.07) is 73.8. The van der Waals surface area contributed by atoms with Crippen molar-refractivity contribution in [1.82, 2.24) is 19.5 Å². The normalized spacial score (nSPS) is 11.6. The van der Waals surface area contributed by atoms with Gasteiger partial charge in [0.1, 0.15) is 0 Å². The maximum absolute atomic E-state index is 5.21. The van der Waals surface area contributed by atoms with E-state index < -0.39 is 0 Å². The van der Waals surface area contributed by atoms with E-state index in [4.69, 9.17) is 15.0 Å². The fourth-order valence-electron chi connectivity index (χ4n) is 9.31. The molecule has 0 atom stereocenters. The molecule has 0 spiro atoms. The molecule has 0 saturated carbocycles. The van der Waals surface area contributed by atoms with Gasteiger partial charge in [-0.15, -0.1) is 11.3 Å². The van der Waals surface area contributed by atoms with Gasteiger partial charge in [0.25, 0.3) is 0 Å². The number of para-hydroxylation sites is 1. The number of thiophene rings is 1. The quantitative estimate of drug-likeness (QED) is 0.161. The highest BCUT2D eigenvalue weighted by molar-refractivity contribution is 7.25. The molecule has 0 amide bonds. The van der Waals surface area contributed by atoms with Gasteiger partial charge >= 0.3 is 0 Å². The Labute approximate surface area is 375 Å². The second kappa shape index (κ2) is 15.4. The van der Waals surface area contributed by atoms with Gasteiger partial charge < -0.3 is 4.57 Å². The summed E-state index contributed by atoms with van der Waals surface area (Å²) in [6.07, 6.45) is 0. The Balaban J connectivity index is 1.03. The van der Waals surface area contributed by atoms with Gasteiger partial charge in [-0.1, -0.05) is 146 Å². The fourth-order valence-corrected chi connectivity index (χ4v) is 10.4. The van der Waals surface area contributed by atoms with Crippen LogP contribution in [0.3, 0.4) is 0 Å². The highest BCUT2D eigenvalue weighted by Gasteiger charge is 2.21. The third-order valence-electron chi connectivity index (χ3n) is 12.6. The monoisotopic (exact) mass is 836 g/mol. The van der Waals surface area contributed by atoms with Crippen LogP contribution in [0.15, 0.2) is 206 Å². The van der Waals surface area contributed by atoms with Gasteiger partial charge in [-0.3, -0.25) is 0 Å². The second-order valence-corrected chi connectivity index (χ2v) is 17.6. The molecule has 12 rings (SSSR count). The zero-order valence-corrected chi connectivity index (χ0v) is 36.1. The number of aryl methyl sites for hydroxylation is 2. The first-order valence-electron chi connectivity index (χ1n) is 21.7. The molecule has 0 fully saturated rings. The van der Waals surface area contributed by atoms with Gasteiger partial charge in [0, 0.05) is 53.3 Å². The molecule has 0 bridgehead atoms. The van der Waals surface area contributed by atoms with Crippen molar-refractivity contribution in [2.75, 3.05) is 0 Å². The van der Waals surface area contributed by atoms with E-state index in [0.29, 0.717) is 17.5 Å². The molecule has 0 aliphatic heterocycles. The first kappa shape index (κ1) is 37.7. The summed E-state index contributed by atoms with van der Waals surface area (Å²) in [5, 5.41) is 4.86. The summed E-state index contributed by atoms with van der Waals surface area (Å²) in [6.45, 7) is 4.44. The van der Waals surface area contributed by atoms with Crippen molar-refractivity contribution in [2.24, 2.45) is 0 Å². The van der Waals surface area contributed by atoms with Crippen LogP contribution in [0, 0.1) is 13.8 Å². The van der Waals surface area contributed by atoms with E-state index in [0.717, 1.165) is 55.3 Å². The predicted octanol–water partition coefficient (Wildman–Crippen LogP) is 16.0. The van der Waals surface area contributed by atoms with E-state index in [2.05, 4.69) is 188 Å². The van der Waals surface area contributed by atoms with Crippen LogP contribution in [0.5, 0.6) is 0 Å². The molecule has 3 heterocycles. The van der Waals surface area contributed by atoms with Gasteiger partial charge in [0.15, 0.2) is 17.5 Å². The SMILES string of the molecule is Cc1ccc(-c2ccc3sc4ccccc4c3c2)cc1-c1cc(-c2ccc3c(c2)c2c(-c4nc(-c5ccccc5)nc(-c5ccccc5)n4)cccc2n3-c2ccccc2)ccc1C. The average Bonchev–Trinajstić information content (AvgIpc) is 3.90. The summed E-state index contributed by atoms with van der Waals surface area (Å²) in [4.78, 5) is 15.4. The van der Waals surface area contributed by atoms with E-state index in [-0.39, 0.29) is 0 Å². The van der Waals surface area contributed by atoms with Crippen molar-refractivity contribution in [3.63, 3.8) is 0 Å². The Morgan fingerprint density at radius 2 is 0.859 bits per heavy atom. The molecule has 5 heteroatoms. The Morgan fingerprint density at radius 3 is 1.52 bits per heavy atom. The van der Waals surface area contributed by atoms with Crippen LogP contribution in [-0.4, -0.2) is 19.5 Å². The Morgan fingerprint density at radius 1 is 0.344 bits per heavy atom. The zero-order chi connectivity index (χ0) is 42.7. The van der Waals surface area contributed by atoms with E-state index >= 15 is 0 Å². The number of rotatable bonds is 7. The lowest BCUT2D eigenvalue weighted by Crippen LogP contribution is -2.00. The maximum Gasteiger partial charge on any atom is 0.164 e. The van der Waals surface area contributed by atoms with Crippen molar-refractivity contribution in [3.05, 3.63) is 217 Å². The molecule has 0 radical (unpaired) electrons. The average molecular weight is 837 g/mol. The lowest BCUT2D eigenvalue weighted by molar-refractivity contribution is 1.08. The van der Waals surface area contributed by atoms with E-state index in [1.54, 1.807) is 0 Å². The zero-order valence-electron chi connectivity index (χ0n) is 35.3. The standard InChI is InChI=1S/C59H40N4S/c1-37-25-27-41(33-48(37)49-34-42(28-26-38(49)2)44-30-32-55-50(35-44)46-21-12-13-24-54(46)64-55)43-29-31-52-51(36-43)56-47(22-14-23-53(56)63(52)45-19-10-5-11-20-45)59-61-57(39-15-6-3-7-16-39)60-58(62-59)40-17-8-4-9-18-40/h3-36H,1-2H3. The van der Waals surface area contributed by atoms with Crippen molar-refractivity contribution in [2.45, 2.75) is 13.8 Å². The van der Waals surface area contributed by atoms with Gasteiger partial charge in [-0.05, 0) is 119 Å². The minimum Gasteiger partial charge on any atom is -0.309 e. The molecule has 0 aliphatic rings. The van der Waals surface area contributed by atoms with Crippen LogP contribution in [0.1, 0.15) is 11.1 Å². The topological polar surface area (TPSA) is 43.6 Å². The summed E-state index contributed by atoms with van der Waals surface area (Å²) in [5.41, 5.74) is 15.9. The number of benzene rings is 9. The van der Waals surface area contributed by atoms with Gasteiger partial charge in [0.05, 0.1) is 11.0 Å². The Kier molecular flexibility index (Phi) is 9.09. The van der Waals surface area contributed by atoms with Crippen molar-refractivity contribution in [3.8, 4) is 73.2 Å². The summed E-state index contributed by atoms with van der Waals surface area (Å²) < 4.78 is 5.01. The molecule has 4 nitrogen and oxygen atoms in total. The first-order valence-corrected chi connectivity index (χ1v) is 22.5. The van der Waals surface area contributed by atoms with Crippen LogP contribution in [0.4, 0.5) is 0 Å². The molecule has 9 aromatic carbocycles. The summed E-state index contributed by atoms with van der Waals surface area (Å²) >= 11 is 1.86. The number of aromatic nitrogens is 4. The van der Waals surface area contributed by atoms with E-state index in [1.807, 2.05) is 47.7 Å². The second-order valence-electron chi connectivity index (χ2n) is 16.5. The van der Waals surface area contributed by atoms with Crippen molar-refractivity contribution < 1.29 is 0 Å². The van der Waals surface area contributed by atoms with Crippen LogP contribution in [0.2, 0.25) is 0 Å². The lowest BCUT2D eigenvalue weighted by atomic mass is 9.90. The van der Waals surface area contributed by atoms with Gasteiger partial charge in [-0.2, -0.15) is 0 Å². The van der Waals surface area contributed by atoms with Crippen molar-refractivity contribution >= 4 is 53.3 Å². The van der Waals surface area contributed by atoms with E-state index in [1.165, 1.54) is 53.6 Å². The number of fused-ring (bicyclic) bond motifs is 6. The van der Waals surface area contributed by atoms with Crippen LogP contribution in [0.25, 0.3) is 115 Å². The largest absolute Gasteiger partial charge is 0.309 e. The number of hydrogen-bond acceptors (Lipinski definition) is 4. The van der Waals surface area contributed by atoms with Crippen LogP contribution in [-0.2, 0) is 0 Å². The molecule has 3 aromatic heterocycles. The highest BCUT2D eigenvalue weighted by Crippen LogP contribution is 2.42. The molecule has 0 unspecified atom stereocenters. The molecule has 302 valence electrons.